The molecule has 0 aliphatic rings. The predicted molar refractivity (Wildman–Crippen MR) is 215 cm³/mol. The highest BCUT2D eigenvalue weighted by Crippen LogP contribution is 2.44. The maximum atomic E-state index is 14.3. The normalized spacial score (nSPS) is 14.0. The number of esters is 2. The number of hydrogen-bond donors (Lipinski definition) is 3. The molecule has 1 amide bonds. The molecule has 0 saturated carbocycles. The van der Waals surface area contributed by atoms with Gasteiger partial charge in [0.1, 0.15) is 42.6 Å². The van der Waals surface area contributed by atoms with Crippen LogP contribution in [0.3, 0.4) is 0 Å². The molecule has 4 N–H and O–H groups in total. The van der Waals surface area contributed by atoms with E-state index in [1.165, 1.54) is 19.7 Å². The van der Waals surface area contributed by atoms with Gasteiger partial charge in [0.2, 0.25) is 0 Å². The van der Waals surface area contributed by atoms with Gasteiger partial charge < -0.3 is 39.1 Å². The number of nitrogens with one attached hydrogen (secondary N) is 2. The first kappa shape index (κ1) is 44.7. The maximum absolute atomic E-state index is 14.3. The van der Waals surface area contributed by atoms with Crippen LogP contribution in [0.15, 0.2) is 67.3 Å². The van der Waals surface area contributed by atoms with Crippen molar-refractivity contribution in [3.8, 4) is 5.75 Å². The quantitative estimate of drug-likeness (QED) is 0.0291. The number of anilines is 1. The number of nitrogens with two attached hydrogens (primary N) is 1. The molecular formula is C40H56N7O9P. The molecule has 0 saturated heterocycles. The third-order valence-electron chi connectivity index (χ3n) is 8.66. The van der Waals surface area contributed by atoms with E-state index in [0.717, 1.165) is 37.7 Å². The summed E-state index contributed by atoms with van der Waals surface area (Å²) in [5.41, 5.74) is 8.36. The number of nitrogen functional groups attached to an aromatic ring is 1. The Kier molecular flexibility index (Phi) is 17.7. The van der Waals surface area contributed by atoms with Crippen molar-refractivity contribution in [3.05, 3.63) is 78.4 Å². The monoisotopic (exact) mass is 809 g/mol. The second kappa shape index (κ2) is 22.6. The highest BCUT2D eigenvalue weighted by molar-refractivity contribution is 7.57. The fourth-order valence-corrected chi connectivity index (χ4v) is 7.50. The van der Waals surface area contributed by atoms with Crippen LogP contribution in [0.5, 0.6) is 5.75 Å². The zero-order valence-electron chi connectivity index (χ0n) is 33.4. The Labute approximate surface area is 334 Å². The number of benzene rings is 2. The van der Waals surface area contributed by atoms with Gasteiger partial charge in [0.05, 0.1) is 31.7 Å². The van der Waals surface area contributed by atoms with Crippen LogP contribution in [0.25, 0.3) is 11.2 Å². The second-order valence-corrected chi connectivity index (χ2v) is 16.1. The Morgan fingerprint density at radius 1 is 0.860 bits per heavy atom. The number of carbonyl (C=O) groups excluding carboxylic acids is 3. The number of carbonyl (C=O) groups is 3. The van der Waals surface area contributed by atoms with Crippen LogP contribution >= 0.6 is 7.52 Å². The van der Waals surface area contributed by atoms with Gasteiger partial charge in [0.15, 0.2) is 11.5 Å². The average molecular weight is 810 g/mol. The van der Waals surface area contributed by atoms with E-state index in [1.807, 2.05) is 30.3 Å². The first-order valence-corrected chi connectivity index (χ1v) is 21.2. The number of alkyl carbamates (subject to hydrolysis) is 1. The van der Waals surface area contributed by atoms with Crippen molar-refractivity contribution in [1.29, 1.82) is 0 Å². The number of amides is 1. The van der Waals surface area contributed by atoms with Crippen LogP contribution in [0, 0.1) is 0 Å². The number of aromatic nitrogens is 4. The van der Waals surface area contributed by atoms with Crippen molar-refractivity contribution in [2.75, 3.05) is 18.7 Å². The molecule has 4 atom stereocenters. The first-order valence-electron chi connectivity index (χ1n) is 19.4. The van der Waals surface area contributed by atoms with Crippen molar-refractivity contribution in [2.45, 2.75) is 117 Å². The first-order chi connectivity index (χ1) is 27.4. The molecule has 310 valence electrons. The van der Waals surface area contributed by atoms with Gasteiger partial charge in [-0.25, -0.2) is 29.6 Å². The lowest BCUT2D eigenvalue weighted by atomic mass is 10.1. The minimum atomic E-state index is -3.92. The van der Waals surface area contributed by atoms with Crippen molar-refractivity contribution < 1.29 is 42.4 Å². The van der Waals surface area contributed by atoms with Gasteiger partial charge in [-0.15, -0.1) is 0 Å². The molecule has 0 spiro atoms. The van der Waals surface area contributed by atoms with Crippen LogP contribution in [0.1, 0.15) is 84.3 Å². The van der Waals surface area contributed by atoms with Gasteiger partial charge in [-0.05, 0) is 57.4 Å². The topological polar surface area (TPSA) is 208 Å². The van der Waals surface area contributed by atoms with E-state index in [-0.39, 0.29) is 37.3 Å². The number of unbranched alkanes of at least 4 members (excludes halogenated alkanes) is 5. The summed E-state index contributed by atoms with van der Waals surface area (Å²) in [6.45, 7) is 9.47. The fraction of sp³-hybridized carbons (Fsp3) is 0.500. The highest BCUT2D eigenvalue weighted by Gasteiger charge is 2.32. The minimum absolute atomic E-state index is 0.0349. The van der Waals surface area contributed by atoms with Crippen molar-refractivity contribution >= 4 is 42.5 Å². The van der Waals surface area contributed by atoms with Crippen LogP contribution < -0.4 is 20.7 Å². The molecule has 2 heterocycles. The van der Waals surface area contributed by atoms with Gasteiger partial charge in [-0.2, -0.15) is 0 Å². The molecule has 57 heavy (non-hydrogen) atoms. The number of imidazole rings is 1. The molecule has 4 aromatic rings. The molecule has 0 fully saturated rings. The van der Waals surface area contributed by atoms with Crippen molar-refractivity contribution in [1.82, 2.24) is 29.9 Å². The van der Waals surface area contributed by atoms with Crippen LogP contribution in [0.4, 0.5) is 10.6 Å². The maximum Gasteiger partial charge on any atom is 0.408 e. The molecule has 0 aliphatic carbocycles. The van der Waals surface area contributed by atoms with E-state index in [2.05, 4.69) is 32.3 Å². The summed E-state index contributed by atoms with van der Waals surface area (Å²) in [5, 5.41) is 5.46. The van der Waals surface area contributed by atoms with E-state index in [1.54, 1.807) is 55.9 Å². The zero-order valence-corrected chi connectivity index (χ0v) is 34.3. The molecule has 0 aliphatic heterocycles. The lowest BCUT2D eigenvalue weighted by molar-refractivity contribution is -0.149. The van der Waals surface area contributed by atoms with Crippen LogP contribution in [-0.2, 0) is 52.7 Å². The molecule has 1 unspecified atom stereocenters. The van der Waals surface area contributed by atoms with Gasteiger partial charge >= 0.3 is 25.6 Å². The lowest BCUT2D eigenvalue weighted by Crippen LogP contribution is -2.43. The van der Waals surface area contributed by atoms with E-state index in [0.29, 0.717) is 23.3 Å². The molecule has 0 bridgehead atoms. The van der Waals surface area contributed by atoms with Crippen LogP contribution in [-0.4, -0.2) is 74.8 Å². The molecule has 0 radical (unpaired) electrons. The standard InChI is InChI=1S/C40H56N7O9P/c1-6-7-8-9-10-14-21-52-39(49)34(45-40(50)53-24-32-15-12-11-13-16-32)22-31-17-19-33(20-18-31)56-57(51,46-30(5)38(48)55-28(2)3)27-54-29(4)23-47-26-44-35-36(41)42-25-43-37(35)47/h11-13,15-20,25-26,28-30,34H,6-10,14,21-24,27H2,1-5H3,(H,45,50)(H,46,51)(H2,41,42,43)/t29-,30+,34+,57?/m1/s1. The van der Waals surface area contributed by atoms with Crippen molar-refractivity contribution in [3.63, 3.8) is 0 Å². The average Bonchev–Trinajstić information content (AvgIpc) is 3.60. The molecule has 2 aromatic carbocycles. The molecule has 4 rings (SSSR count). The highest BCUT2D eigenvalue weighted by atomic mass is 31.2. The third kappa shape index (κ3) is 15.1. The Morgan fingerprint density at radius 3 is 2.30 bits per heavy atom. The summed E-state index contributed by atoms with van der Waals surface area (Å²) in [5.74, 6) is -0.731. The summed E-state index contributed by atoms with van der Waals surface area (Å²) in [7, 11) is -3.92. The van der Waals surface area contributed by atoms with E-state index < -0.39 is 50.1 Å². The molecule has 17 heteroatoms. The molecular weight excluding hydrogens is 753 g/mol. The summed E-state index contributed by atoms with van der Waals surface area (Å²) in [6, 6.07) is 13.7. The van der Waals surface area contributed by atoms with Crippen LogP contribution in [0.2, 0.25) is 0 Å². The zero-order chi connectivity index (χ0) is 41.2. The fourth-order valence-electron chi connectivity index (χ4n) is 5.71. The van der Waals surface area contributed by atoms with Gasteiger partial charge in [0.25, 0.3) is 0 Å². The smallest absolute Gasteiger partial charge is 0.408 e. The summed E-state index contributed by atoms with van der Waals surface area (Å²) in [6.07, 6.45) is 7.15. The van der Waals surface area contributed by atoms with E-state index in [4.69, 9.17) is 29.2 Å². The molecule has 16 nitrogen and oxygen atoms in total. The summed E-state index contributed by atoms with van der Waals surface area (Å²) in [4.78, 5) is 51.3. The number of fused-ring (bicyclic) bond motifs is 1. The number of ether oxygens (including phenoxy) is 4. The number of hydrogen-bond acceptors (Lipinski definition) is 13. The van der Waals surface area contributed by atoms with Crippen molar-refractivity contribution in [2.24, 2.45) is 0 Å². The van der Waals surface area contributed by atoms with Gasteiger partial charge in [-0.1, -0.05) is 81.5 Å². The van der Waals surface area contributed by atoms with E-state index in [9.17, 15) is 18.9 Å². The number of nitrogens with zero attached hydrogens (tertiary/aromatic N) is 4. The largest absolute Gasteiger partial charge is 0.464 e. The Hall–Kier alpha value is -5.05. The predicted octanol–water partition coefficient (Wildman–Crippen LogP) is 6.71. The minimum Gasteiger partial charge on any atom is -0.464 e. The SMILES string of the molecule is CCCCCCCCOC(=O)[C@H](Cc1ccc(OP(=O)(CO[C@H](C)Cn2cnc3c(N)ncnc32)N[C@@H](C)C(=O)OC(C)C)cc1)NC(=O)OCc1ccccc1. The van der Waals surface area contributed by atoms with E-state index >= 15 is 0 Å². The Balaban J connectivity index is 1.43. The third-order valence-corrected chi connectivity index (χ3v) is 10.4. The number of rotatable bonds is 24. The Bertz CT molecular complexity index is 1910. The second-order valence-electron chi connectivity index (χ2n) is 14.1. The Morgan fingerprint density at radius 2 is 1.58 bits per heavy atom. The lowest BCUT2D eigenvalue weighted by Gasteiger charge is -2.25. The van der Waals surface area contributed by atoms with Gasteiger partial charge in [0, 0.05) is 6.42 Å². The van der Waals surface area contributed by atoms with Gasteiger partial charge in [-0.3, -0.25) is 9.36 Å². The summed E-state index contributed by atoms with van der Waals surface area (Å²) >= 11 is 0. The summed E-state index contributed by atoms with van der Waals surface area (Å²) < 4.78 is 44.4. The molecule has 2 aromatic heterocycles.